The van der Waals surface area contributed by atoms with Gasteiger partial charge in [-0.3, -0.25) is 14.9 Å². The Labute approximate surface area is 117 Å². The van der Waals surface area contributed by atoms with Crippen LogP contribution in [0.15, 0.2) is 18.2 Å². The number of nitrogens with zero attached hydrogens (tertiary/aromatic N) is 1. The maximum atomic E-state index is 11.8. The first-order chi connectivity index (χ1) is 8.57. The molecule has 1 aromatic rings. The van der Waals surface area contributed by atoms with Crippen molar-refractivity contribution in [3.8, 4) is 0 Å². The molecule has 0 aliphatic rings. The Morgan fingerprint density at radius 2 is 2.11 bits per heavy atom. The van der Waals surface area contributed by atoms with E-state index in [-0.39, 0.29) is 24.0 Å². The Hall–Kier alpha value is -1.66. The lowest BCUT2D eigenvalue weighted by Crippen LogP contribution is -2.25. The number of unbranched alkanes of at least 4 members (excludes halogenated alkanes) is 1. The molecular formula is C12H18ClN3O3. The number of hydrogen-bond acceptors (Lipinski definition) is 4. The zero-order valence-electron chi connectivity index (χ0n) is 10.7. The van der Waals surface area contributed by atoms with E-state index in [1.807, 2.05) is 0 Å². The van der Waals surface area contributed by atoms with E-state index in [4.69, 9.17) is 5.73 Å². The van der Waals surface area contributed by atoms with E-state index < -0.39 is 4.92 Å². The molecule has 0 spiro atoms. The molecule has 0 heterocycles. The topological polar surface area (TPSA) is 98.3 Å². The number of hydrogen-bond donors (Lipinski definition) is 2. The second kappa shape index (κ2) is 8.44. The lowest BCUT2D eigenvalue weighted by molar-refractivity contribution is -0.385. The van der Waals surface area contributed by atoms with Crippen LogP contribution in [0, 0.1) is 17.0 Å². The Morgan fingerprint density at radius 3 is 2.68 bits per heavy atom. The van der Waals surface area contributed by atoms with Gasteiger partial charge in [0.15, 0.2) is 0 Å². The van der Waals surface area contributed by atoms with Gasteiger partial charge < -0.3 is 11.1 Å². The van der Waals surface area contributed by atoms with E-state index in [9.17, 15) is 14.9 Å². The summed E-state index contributed by atoms with van der Waals surface area (Å²) in [5.41, 5.74) is 6.04. The van der Waals surface area contributed by atoms with Crippen molar-refractivity contribution in [3.63, 3.8) is 0 Å². The second-order valence-corrected chi connectivity index (χ2v) is 3.96. The molecule has 0 bridgehead atoms. The van der Waals surface area contributed by atoms with Gasteiger partial charge in [0.1, 0.15) is 0 Å². The van der Waals surface area contributed by atoms with E-state index in [0.29, 0.717) is 24.2 Å². The van der Waals surface area contributed by atoms with Gasteiger partial charge in [0.05, 0.1) is 4.92 Å². The van der Waals surface area contributed by atoms with E-state index in [1.54, 1.807) is 13.0 Å². The molecule has 1 rings (SSSR count). The van der Waals surface area contributed by atoms with Crippen LogP contribution in [0.1, 0.15) is 28.8 Å². The van der Waals surface area contributed by atoms with Crippen LogP contribution >= 0.6 is 12.4 Å². The van der Waals surface area contributed by atoms with Gasteiger partial charge >= 0.3 is 0 Å². The van der Waals surface area contributed by atoms with Crippen LogP contribution in [-0.4, -0.2) is 23.9 Å². The molecule has 0 radical (unpaired) electrons. The predicted molar refractivity (Wildman–Crippen MR) is 75.7 cm³/mol. The minimum atomic E-state index is -0.486. The number of amides is 1. The van der Waals surface area contributed by atoms with Crippen LogP contribution in [0.2, 0.25) is 0 Å². The fraction of sp³-hybridized carbons (Fsp3) is 0.417. The van der Waals surface area contributed by atoms with Gasteiger partial charge in [0.2, 0.25) is 0 Å². The molecular weight excluding hydrogens is 270 g/mol. The zero-order valence-corrected chi connectivity index (χ0v) is 11.5. The summed E-state index contributed by atoms with van der Waals surface area (Å²) >= 11 is 0. The standard InChI is InChI=1S/C12H17N3O3.ClH/c1-9-10(5-4-6-11(9)15(17)18)12(16)14-8-3-2-7-13;/h4-6H,2-3,7-8,13H2,1H3,(H,14,16);1H. The minimum absolute atomic E-state index is 0. The van der Waals surface area contributed by atoms with Crippen LogP contribution in [0.25, 0.3) is 0 Å². The van der Waals surface area contributed by atoms with Crippen LogP contribution in [0.4, 0.5) is 5.69 Å². The monoisotopic (exact) mass is 287 g/mol. The molecule has 6 nitrogen and oxygen atoms in total. The highest BCUT2D eigenvalue weighted by atomic mass is 35.5. The number of rotatable bonds is 6. The van der Waals surface area contributed by atoms with Gasteiger partial charge in [-0.2, -0.15) is 0 Å². The lowest BCUT2D eigenvalue weighted by Gasteiger charge is -2.07. The third-order valence-corrected chi connectivity index (χ3v) is 2.66. The number of nitrogens with one attached hydrogen (secondary N) is 1. The molecule has 0 fully saturated rings. The number of halogens is 1. The molecule has 1 amide bonds. The third kappa shape index (κ3) is 4.84. The summed E-state index contributed by atoms with van der Waals surface area (Å²) in [6.45, 7) is 2.69. The Balaban J connectivity index is 0.00000324. The smallest absolute Gasteiger partial charge is 0.273 e. The Kier molecular flexibility index (Phi) is 7.71. The highest BCUT2D eigenvalue weighted by Gasteiger charge is 2.17. The number of carbonyl (C=O) groups is 1. The Morgan fingerprint density at radius 1 is 1.42 bits per heavy atom. The number of nitrogens with two attached hydrogens (primary N) is 1. The fourth-order valence-electron chi connectivity index (χ4n) is 1.63. The molecule has 7 heteroatoms. The third-order valence-electron chi connectivity index (χ3n) is 2.66. The molecule has 0 aliphatic carbocycles. The van der Waals surface area contributed by atoms with Crippen molar-refractivity contribution in [2.45, 2.75) is 19.8 Å². The summed E-state index contributed by atoms with van der Waals surface area (Å²) in [6, 6.07) is 4.49. The van der Waals surface area contributed by atoms with Crippen LogP contribution < -0.4 is 11.1 Å². The van der Waals surface area contributed by atoms with Crippen LogP contribution in [0.5, 0.6) is 0 Å². The molecule has 1 aromatic carbocycles. The summed E-state index contributed by atoms with van der Waals surface area (Å²) in [4.78, 5) is 22.1. The molecule has 0 aliphatic heterocycles. The number of nitro benzene ring substituents is 1. The maximum Gasteiger partial charge on any atom is 0.273 e. The minimum Gasteiger partial charge on any atom is -0.352 e. The number of nitro groups is 1. The highest BCUT2D eigenvalue weighted by molar-refractivity contribution is 5.96. The average Bonchev–Trinajstić information content (AvgIpc) is 2.34. The largest absolute Gasteiger partial charge is 0.352 e. The molecule has 0 saturated heterocycles. The van der Waals surface area contributed by atoms with Crippen molar-refractivity contribution in [2.75, 3.05) is 13.1 Å². The summed E-state index contributed by atoms with van der Waals surface area (Å²) in [5.74, 6) is -0.284. The van der Waals surface area contributed by atoms with Crippen molar-refractivity contribution in [3.05, 3.63) is 39.4 Å². The fourth-order valence-corrected chi connectivity index (χ4v) is 1.63. The highest BCUT2D eigenvalue weighted by Crippen LogP contribution is 2.20. The summed E-state index contributed by atoms with van der Waals surface area (Å²) < 4.78 is 0. The molecule has 0 aromatic heterocycles. The van der Waals surface area contributed by atoms with Crippen molar-refractivity contribution in [1.82, 2.24) is 5.32 Å². The van der Waals surface area contributed by atoms with Crippen molar-refractivity contribution in [2.24, 2.45) is 5.73 Å². The SMILES string of the molecule is Cc1c(C(=O)NCCCCN)cccc1[N+](=O)[O-].Cl. The first-order valence-electron chi connectivity index (χ1n) is 5.80. The first kappa shape index (κ1) is 17.3. The molecule has 3 N–H and O–H groups in total. The summed E-state index contributed by atoms with van der Waals surface area (Å²) in [6.07, 6.45) is 1.64. The first-order valence-corrected chi connectivity index (χ1v) is 5.80. The van der Waals surface area contributed by atoms with Gasteiger partial charge in [-0.1, -0.05) is 6.07 Å². The number of benzene rings is 1. The molecule has 0 atom stereocenters. The van der Waals surface area contributed by atoms with E-state index in [1.165, 1.54) is 12.1 Å². The molecule has 106 valence electrons. The van der Waals surface area contributed by atoms with Crippen molar-refractivity contribution < 1.29 is 9.72 Å². The van der Waals surface area contributed by atoms with E-state index in [2.05, 4.69) is 5.32 Å². The van der Waals surface area contributed by atoms with E-state index >= 15 is 0 Å². The number of carbonyl (C=O) groups excluding carboxylic acids is 1. The zero-order chi connectivity index (χ0) is 13.5. The Bertz CT molecular complexity index is 452. The molecule has 0 saturated carbocycles. The van der Waals surface area contributed by atoms with Gasteiger partial charge in [0.25, 0.3) is 11.6 Å². The maximum absolute atomic E-state index is 11.8. The van der Waals surface area contributed by atoms with E-state index in [0.717, 1.165) is 12.8 Å². The molecule has 19 heavy (non-hydrogen) atoms. The van der Waals surface area contributed by atoms with Crippen molar-refractivity contribution in [1.29, 1.82) is 0 Å². The van der Waals surface area contributed by atoms with Crippen LogP contribution in [-0.2, 0) is 0 Å². The van der Waals surface area contributed by atoms with Crippen molar-refractivity contribution >= 4 is 24.0 Å². The van der Waals surface area contributed by atoms with Crippen LogP contribution in [0.3, 0.4) is 0 Å². The normalized spacial score (nSPS) is 9.58. The second-order valence-electron chi connectivity index (χ2n) is 3.96. The average molecular weight is 288 g/mol. The predicted octanol–water partition coefficient (Wildman–Crippen LogP) is 1.79. The van der Waals surface area contributed by atoms with Gasteiger partial charge in [0, 0.05) is 23.7 Å². The summed E-state index contributed by atoms with van der Waals surface area (Å²) in [5, 5.41) is 13.5. The summed E-state index contributed by atoms with van der Waals surface area (Å²) in [7, 11) is 0. The molecule has 0 unspecified atom stereocenters. The van der Waals surface area contributed by atoms with Gasteiger partial charge in [-0.15, -0.1) is 12.4 Å². The quantitative estimate of drug-likeness (QED) is 0.473. The van der Waals surface area contributed by atoms with Gasteiger partial charge in [-0.05, 0) is 32.4 Å². The lowest BCUT2D eigenvalue weighted by atomic mass is 10.1. The van der Waals surface area contributed by atoms with Gasteiger partial charge in [-0.25, -0.2) is 0 Å².